The largest absolute Gasteiger partial charge is 0.510 e. The first-order valence-corrected chi connectivity index (χ1v) is 18.7. The Balaban J connectivity index is 0.00000497. The Kier molecular flexibility index (Phi) is 10.2. The number of nitrogens with zero attached hydrogens (tertiary/aromatic N) is 4. The maximum Gasteiger partial charge on any atom is 0.267 e. The Morgan fingerprint density at radius 3 is 1.93 bits per heavy atom. The van der Waals surface area contributed by atoms with Crippen LogP contribution in [0.4, 0.5) is 0 Å². The van der Waals surface area contributed by atoms with Crippen LogP contribution in [0.15, 0.2) is 97.2 Å². The van der Waals surface area contributed by atoms with Crippen molar-refractivity contribution in [2.75, 3.05) is 0 Å². The summed E-state index contributed by atoms with van der Waals surface area (Å²) >= 11 is 0. The molecule has 3 aromatic heterocycles. The Morgan fingerprint density at radius 2 is 1.28 bits per heavy atom. The van der Waals surface area contributed by atoms with Crippen LogP contribution >= 0.6 is 0 Å². The van der Waals surface area contributed by atoms with Gasteiger partial charge in [-0.3, -0.25) is 4.57 Å². The van der Waals surface area contributed by atoms with Gasteiger partial charge in [0.15, 0.2) is 0 Å². The fourth-order valence-corrected chi connectivity index (χ4v) is 7.19. The Hall–Kier alpha value is -4.47. The van der Waals surface area contributed by atoms with Crippen molar-refractivity contribution in [1.82, 2.24) is 14.1 Å². The zero-order chi connectivity index (χ0) is 38.1. The van der Waals surface area contributed by atoms with E-state index in [0.717, 1.165) is 39.0 Å². The third kappa shape index (κ3) is 7.45. The summed E-state index contributed by atoms with van der Waals surface area (Å²) in [6.45, 7) is 27.1. The van der Waals surface area contributed by atoms with Crippen LogP contribution in [0.5, 0.6) is 11.5 Å². The number of benzene rings is 4. The van der Waals surface area contributed by atoms with Crippen LogP contribution in [0.1, 0.15) is 106 Å². The van der Waals surface area contributed by atoms with Gasteiger partial charge in [0.05, 0.1) is 17.1 Å². The van der Waals surface area contributed by atoms with Crippen molar-refractivity contribution >= 4 is 21.8 Å². The van der Waals surface area contributed by atoms with Gasteiger partial charge in [0.25, 0.3) is 6.33 Å². The van der Waals surface area contributed by atoms with E-state index >= 15 is 0 Å². The van der Waals surface area contributed by atoms with Gasteiger partial charge in [-0.25, -0.2) is 4.98 Å². The zero-order valence-electron chi connectivity index (χ0n) is 33.8. The number of hydrogen-bond donors (Lipinski definition) is 0. The first kappa shape index (κ1) is 39.2. The predicted molar refractivity (Wildman–Crippen MR) is 217 cm³/mol. The number of fused-ring (bicyclic) bond motifs is 3. The number of aromatic nitrogens is 4. The van der Waals surface area contributed by atoms with E-state index in [2.05, 4.69) is 188 Å². The molecule has 0 saturated carbocycles. The van der Waals surface area contributed by atoms with Gasteiger partial charge in [0, 0.05) is 44.3 Å². The summed E-state index contributed by atoms with van der Waals surface area (Å²) in [7, 11) is 0. The first-order valence-electron chi connectivity index (χ1n) is 18.7. The molecule has 7 rings (SSSR count). The van der Waals surface area contributed by atoms with Gasteiger partial charge in [0.2, 0.25) is 0 Å². The van der Waals surface area contributed by atoms with Gasteiger partial charge in [-0.2, -0.15) is 18.2 Å². The van der Waals surface area contributed by atoms with Gasteiger partial charge in [0.1, 0.15) is 5.82 Å². The third-order valence-electron chi connectivity index (χ3n) is 9.90. The molecule has 3 heterocycles. The molecule has 0 amide bonds. The molecule has 0 aliphatic rings. The number of hydrogen-bond acceptors (Lipinski definition) is 2. The van der Waals surface area contributed by atoms with E-state index in [4.69, 9.17) is 9.72 Å². The number of pyridine rings is 1. The van der Waals surface area contributed by atoms with E-state index < -0.39 is 0 Å². The Bertz CT molecular complexity index is 2460. The summed E-state index contributed by atoms with van der Waals surface area (Å²) in [5, 5.41) is 2.25. The number of rotatable bonds is 5. The minimum absolute atomic E-state index is 0. The second-order valence-corrected chi connectivity index (χ2v) is 18.4. The number of ether oxygens (including phenoxy) is 1. The molecule has 0 bridgehead atoms. The average Bonchev–Trinajstić information content (AvgIpc) is 3.66. The van der Waals surface area contributed by atoms with E-state index in [1.54, 1.807) is 0 Å². The van der Waals surface area contributed by atoms with Gasteiger partial charge < -0.3 is 13.9 Å². The van der Waals surface area contributed by atoms with Gasteiger partial charge >= 0.3 is 0 Å². The molecule has 0 unspecified atom stereocenters. The van der Waals surface area contributed by atoms with E-state index in [9.17, 15) is 0 Å². The minimum atomic E-state index is -0.190. The number of para-hydroxylation sites is 1. The predicted octanol–water partition coefficient (Wildman–Crippen LogP) is 11.6. The molecule has 7 aromatic rings. The molecule has 0 aliphatic carbocycles. The van der Waals surface area contributed by atoms with Gasteiger partial charge in [-0.15, -0.1) is 29.7 Å². The summed E-state index contributed by atoms with van der Waals surface area (Å²) in [6, 6.07) is 39.0. The molecule has 4 aromatic carbocycles. The van der Waals surface area contributed by atoms with Crippen LogP contribution in [0.3, 0.4) is 0 Å². The average molecular weight is 896 g/mol. The molecule has 0 N–H and O–H groups in total. The smallest absolute Gasteiger partial charge is 0.267 e. The molecule has 0 aliphatic heterocycles. The topological polar surface area (TPSA) is 35.9 Å². The molecule has 54 heavy (non-hydrogen) atoms. The first-order chi connectivity index (χ1) is 24.8. The van der Waals surface area contributed by atoms with Gasteiger partial charge in [-0.05, 0) is 74.2 Å². The van der Waals surface area contributed by atoms with Gasteiger partial charge in [-0.1, -0.05) is 119 Å². The van der Waals surface area contributed by atoms with Crippen molar-refractivity contribution in [3.05, 3.63) is 138 Å². The number of imidazole rings is 1. The fraction of sp³-hybridized carbons (Fsp3) is 0.333. The molecular formula is C48H52N4OPt-2. The molecule has 0 saturated heterocycles. The second-order valence-electron chi connectivity index (χ2n) is 18.4. The summed E-state index contributed by atoms with van der Waals surface area (Å²) in [5.74, 6) is 2.08. The van der Waals surface area contributed by atoms with Crippen LogP contribution in [0.2, 0.25) is 0 Å². The molecule has 6 heteroatoms. The molecule has 5 nitrogen and oxygen atoms in total. The molecule has 0 spiro atoms. The Morgan fingerprint density at radius 1 is 0.611 bits per heavy atom. The third-order valence-corrected chi connectivity index (χ3v) is 9.90. The van der Waals surface area contributed by atoms with Crippen molar-refractivity contribution in [2.24, 2.45) is 0 Å². The van der Waals surface area contributed by atoms with Crippen molar-refractivity contribution in [3.8, 4) is 28.7 Å². The van der Waals surface area contributed by atoms with Crippen molar-refractivity contribution in [3.63, 3.8) is 0 Å². The second kappa shape index (κ2) is 14.0. The van der Waals surface area contributed by atoms with E-state index in [-0.39, 0.29) is 42.7 Å². The van der Waals surface area contributed by atoms with Crippen LogP contribution < -0.4 is 9.30 Å². The summed E-state index contributed by atoms with van der Waals surface area (Å²) in [5.41, 5.74) is 8.58. The SMILES string of the molecule is CC(C)(C)c1ccc(-[n+]2[c-]n(-c3[c-]c(Oc4[c-]c5c(cc4)c4ccccc4n5-c4cc(C(C)(C)C)ccn4)ccc3)c(C(C)(C)C)c2C(C)(C)C)cc1.[Pt]. The van der Waals surface area contributed by atoms with Crippen LogP contribution in [0, 0.1) is 18.5 Å². The van der Waals surface area contributed by atoms with Crippen LogP contribution in [0.25, 0.3) is 39.0 Å². The van der Waals surface area contributed by atoms with E-state index in [1.807, 2.05) is 24.4 Å². The zero-order valence-corrected chi connectivity index (χ0v) is 36.0. The normalized spacial score (nSPS) is 12.7. The summed E-state index contributed by atoms with van der Waals surface area (Å²) < 4.78 is 13.2. The van der Waals surface area contributed by atoms with Crippen molar-refractivity contribution in [2.45, 2.75) is 105 Å². The van der Waals surface area contributed by atoms with Crippen LogP contribution in [-0.2, 0) is 42.7 Å². The minimum Gasteiger partial charge on any atom is -0.510 e. The monoisotopic (exact) mass is 895 g/mol. The molecule has 0 fully saturated rings. The summed E-state index contributed by atoms with van der Waals surface area (Å²) in [6.07, 6.45) is 5.65. The standard InChI is InChI=1S/C48H52N4O.Pt/c1-45(2,3)32-20-22-34(23-21-32)50-31-51(44(48(10,11)12)43(50)47(7,8)9)35-16-15-17-36(29-35)53-37-24-25-39-38-18-13-14-19-40(38)52(41(39)30-37)42-28-33(26-27-49-42)46(4,5)6;/h13-28H,1-12H3;/q-2;. The maximum atomic E-state index is 6.59. The Labute approximate surface area is 336 Å². The molecule has 0 atom stereocenters. The molecule has 0 radical (unpaired) electrons. The molecular weight excluding hydrogens is 844 g/mol. The van der Waals surface area contributed by atoms with E-state index in [1.165, 1.54) is 22.5 Å². The fourth-order valence-electron chi connectivity index (χ4n) is 7.19. The summed E-state index contributed by atoms with van der Waals surface area (Å²) in [4.78, 5) is 4.83. The quantitative estimate of drug-likeness (QED) is 0.127. The van der Waals surface area contributed by atoms with Crippen LogP contribution in [-0.4, -0.2) is 14.1 Å². The maximum absolute atomic E-state index is 6.59. The van der Waals surface area contributed by atoms with Crippen molar-refractivity contribution in [1.29, 1.82) is 0 Å². The molecule has 282 valence electrons. The van der Waals surface area contributed by atoms with E-state index in [0.29, 0.717) is 11.5 Å². The van der Waals surface area contributed by atoms with Crippen molar-refractivity contribution < 1.29 is 30.4 Å².